The molecule has 0 heterocycles. The Morgan fingerprint density at radius 1 is 1.23 bits per heavy atom. The lowest BCUT2D eigenvalue weighted by Gasteiger charge is -2.20. The smallest absolute Gasteiger partial charge is 0.408 e. The molecule has 1 saturated carbocycles. The molecular formula is C18H18BrNO2. The van der Waals surface area contributed by atoms with Gasteiger partial charge in [0.15, 0.2) is 0 Å². The van der Waals surface area contributed by atoms with E-state index >= 15 is 0 Å². The summed E-state index contributed by atoms with van der Waals surface area (Å²) in [5.74, 6) is 0. The first-order valence-corrected chi connectivity index (χ1v) is 8.14. The van der Waals surface area contributed by atoms with Crippen LogP contribution in [0.2, 0.25) is 0 Å². The van der Waals surface area contributed by atoms with Gasteiger partial charge in [0.1, 0.15) is 6.61 Å². The van der Waals surface area contributed by atoms with Gasteiger partial charge < -0.3 is 10.1 Å². The third-order valence-corrected chi connectivity index (χ3v) is 4.63. The van der Waals surface area contributed by atoms with E-state index in [1.807, 2.05) is 36.4 Å². The van der Waals surface area contributed by atoms with E-state index < -0.39 is 0 Å². The molecule has 3 nitrogen and oxygen atoms in total. The Labute approximate surface area is 138 Å². The highest BCUT2D eigenvalue weighted by Gasteiger charge is 2.47. The third kappa shape index (κ3) is 3.33. The van der Waals surface area contributed by atoms with Crippen LogP contribution < -0.4 is 5.32 Å². The first kappa shape index (κ1) is 15.1. The summed E-state index contributed by atoms with van der Waals surface area (Å²) in [6.07, 6.45) is 1.51. The lowest BCUT2D eigenvalue weighted by molar-refractivity contribution is 0.134. The highest BCUT2D eigenvalue weighted by atomic mass is 79.9. The monoisotopic (exact) mass is 359 g/mol. The van der Waals surface area contributed by atoms with Crippen LogP contribution in [0.3, 0.4) is 0 Å². The molecule has 0 unspecified atom stereocenters. The predicted molar refractivity (Wildman–Crippen MR) is 89.6 cm³/mol. The van der Waals surface area contributed by atoms with Crippen LogP contribution in [0.1, 0.15) is 29.5 Å². The average Bonchev–Trinajstić information content (AvgIpc) is 3.29. The Balaban J connectivity index is 1.65. The fraction of sp³-hybridized carbons (Fsp3) is 0.278. The number of halogens is 1. The van der Waals surface area contributed by atoms with E-state index in [-0.39, 0.29) is 18.2 Å². The zero-order valence-electron chi connectivity index (χ0n) is 12.4. The molecule has 0 atom stereocenters. The quantitative estimate of drug-likeness (QED) is 0.860. The average molecular weight is 360 g/mol. The Morgan fingerprint density at radius 2 is 1.95 bits per heavy atom. The lowest BCUT2D eigenvalue weighted by Crippen LogP contribution is -2.35. The largest absolute Gasteiger partial charge is 0.445 e. The van der Waals surface area contributed by atoms with Crippen LogP contribution in [0.25, 0.3) is 0 Å². The van der Waals surface area contributed by atoms with Gasteiger partial charge in [0.25, 0.3) is 0 Å². The predicted octanol–water partition coefficient (Wildman–Crippen LogP) is 4.67. The van der Waals surface area contributed by atoms with Crippen LogP contribution in [-0.4, -0.2) is 6.09 Å². The third-order valence-electron chi connectivity index (χ3n) is 3.94. The molecule has 1 fully saturated rings. The molecule has 0 radical (unpaired) electrons. The van der Waals surface area contributed by atoms with Gasteiger partial charge in [0.2, 0.25) is 0 Å². The molecular weight excluding hydrogens is 342 g/mol. The highest BCUT2D eigenvalue weighted by molar-refractivity contribution is 9.10. The van der Waals surface area contributed by atoms with Gasteiger partial charge in [-0.25, -0.2) is 4.79 Å². The number of ether oxygens (including phenoxy) is 1. The number of amides is 1. The summed E-state index contributed by atoms with van der Waals surface area (Å²) >= 11 is 3.58. The van der Waals surface area contributed by atoms with E-state index in [9.17, 15) is 4.79 Å². The van der Waals surface area contributed by atoms with Crippen molar-refractivity contribution in [3.63, 3.8) is 0 Å². The number of rotatable bonds is 4. The number of carbonyl (C=O) groups excluding carboxylic acids is 1. The van der Waals surface area contributed by atoms with Crippen LogP contribution in [0, 0.1) is 6.92 Å². The molecule has 1 aliphatic carbocycles. The van der Waals surface area contributed by atoms with Crippen LogP contribution in [0.5, 0.6) is 0 Å². The fourth-order valence-corrected chi connectivity index (χ4v) is 3.17. The van der Waals surface area contributed by atoms with Gasteiger partial charge in [-0.2, -0.15) is 0 Å². The molecule has 0 aromatic heterocycles. The Bertz CT molecular complexity index is 681. The molecule has 0 aliphatic heterocycles. The number of hydrogen-bond acceptors (Lipinski definition) is 2. The topological polar surface area (TPSA) is 38.3 Å². The number of benzene rings is 2. The van der Waals surface area contributed by atoms with E-state index in [1.54, 1.807) is 0 Å². The molecule has 1 aliphatic rings. The second-order valence-electron chi connectivity index (χ2n) is 5.75. The molecule has 114 valence electrons. The number of aryl methyl sites for hydroxylation is 1. The summed E-state index contributed by atoms with van der Waals surface area (Å²) in [4.78, 5) is 12.1. The second kappa shape index (κ2) is 6.13. The molecule has 0 saturated heterocycles. The number of nitrogens with one attached hydrogen (secondary N) is 1. The number of hydrogen-bond donors (Lipinski definition) is 1. The van der Waals surface area contributed by atoms with Crippen LogP contribution in [-0.2, 0) is 16.9 Å². The summed E-state index contributed by atoms with van der Waals surface area (Å²) in [5, 5.41) is 3.03. The summed E-state index contributed by atoms with van der Waals surface area (Å²) < 4.78 is 6.36. The van der Waals surface area contributed by atoms with Gasteiger partial charge in [-0.1, -0.05) is 64.0 Å². The number of carbonyl (C=O) groups is 1. The Kier molecular flexibility index (Phi) is 4.21. The maximum Gasteiger partial charge on any atom is 0.408 e. The first-order valence-electron chi connectivity index (χ1n) is 7.35. The normalized spacial score (nSPS) is 15.2. The highest BCUT2D eigenvalue weighted by Crippen LogP contribution is 2.48. The van der Waals surface area contributed by atoms with Crippen molar-refractivity contribution in [3.05, 3.63) is 69.7 Å². The molecule has 22 heavy (non-hydrogen) atoms. The van der Waals surface area contributed by atoms with Gasteiger partial charge in [0, 0.05) is 4.47 Å². The molecule has 1 amide bonds. The van der Waals surface area contributed by atoms with Crippen molar-refractivity contribution in [2.75, 3.05) is 0 Å². The fourth-order valence-electron chi connectivity index (χ4n) is 2.55. The van der Waals surface area contributed by atoms with E-state index in [4.69, 9.17) is 4.74 Å². The summed E-state index contributed by atoms with van der Waals surface area (Å²) in [5.41, 5.74) is 3.02. The maximum absolute atomic E-state index is 12.1. The number of alkyl carbamates (subject to hydrolysis) is 1. The SMILES string of the molecule is Cc1ccc(Br)c(C2(NC(=O)OCc3ccccc3)CC2)c1. The van der Waals surface area contributed by atoms with Crippen molar-refractivity contribution in [3.8, 4) is 0 Å². The van der Waals surface area contributed by atoms with Gasteiger partial charge in [-0.3, -0.25) is 0 Å². The van der Waals surface area contributed by atoms with Crippen molar-refractivity contribution in [2.24, 2.45) is 0 Å². The minimum atomic E-state index is -0.366. The summed E-state index contributed by atoms with van der Waals surface area (Å²) in [6, 6.07) is 15.9. The van der Waals surface area contributed by atoms with E-state index in [0.717, 1.165) is 28.4 Å². The summed E-state index contributed by atoms with van der Waals surface area (Å²) in [6.45, 7) is 2.34. The van der Waals surface area contributed by atoms with Gasteiger partial charge in [-0.05, 0) is 37.0 Å². The van der Waals surface area contributed by atoms with E-state index in [2.05, 4.69) is 40.3 Å². The van der Waals surface area contributed by atoms with Gasteiger partial charge >= 0.3 is 6.09 Å². The Morgan fingerprint density at radius 3 is 2.64 bits per heavy atom. The van der Waals surface area contributed by atoms with Crippen molar-refractivity contribution in [2.45, 2.75) is 31.9 Å². The maximum atomic E-state index is 12.1. The van der Waals surface area contributed by atoms with E-state index in [0.29, 0.717) is 0 Å². The zero-order valence-corrected chi connectivity index (χ0v) is 14.0. The van der Waals surface area contributed by atoms with Crippen LogP contribution in [0.4, 0.5) is 4.79 Å². The minimum absolute atomic E-state index is 0.279. The molecule has 2 aromatic rings. The first-order chi connectivity index (χ1) is 10.6. The van der Waals surface area contributed by atoms with Crippen LogP contribution in [0.15, 0.2) is 53.0 Å². The van der Waals surface area contributed by atoms with Crippen molar-refractivity contribution >= 4 is 22.0 Å². The standard InChI is InChI=1S/C18H18BrNO2/c1-13-7-8-16(19)15(11-13)18(9-10-18)20-17(21)22-12-14-5-3-2-4-6-14/h2-8,11H,9-10,12H2,1H3,(H,20,21). The van der Waals surface area contributed by atoms with Crippen molar-refractivity contribution < 1.29 is 9.53 Å². The van der Waals surface area contributed by atoms with Gasteiger partial charge in [0.05, 0.1) is 5.54 Å². The second-order valence-corrected chi connectivity index (χ2v) is 6.61. The van der Waals surface area contributed by atoms with Gasteiger partial charge in [-0.15, -0.1) is 0 Å². The molecule has 0 bridgehead atoms. The van der Waals surface area contributed by atoms with E-state index in [1.165, 1.54) is 5.56 Å². The molecule has 3 rings (SSSR count). The Hall–Kier alpha value is -1.81. The lowest BCUT2D eigenvalue weighted by atomic mass is 10.0. The minimum Gasteiger partial charge on any atom is -0.445 e. The molecule has 1 N–H and O–H groups in total. The van der Waals surface area contributed by atoms with Crippen LogP contribution >= 0.6 is 15.9 Å². The molecule has 0 spiro atoms. The zero-order chi connectivity index (χ0) is 15.6. The van der Waals surface area contributed by atoms with Crippen molar-refractivity contribution in [1.82, 2.24) is 5.32 Å². The van der Waals surface area contributed by atoms with Crippen molar-refractivity contribution in [1.29, 1.82) is 0 Å². The molecule has 2 aromatic carbocycles. The summed E-state index contributed by atoms with van der Waals surface area (Å²) in [7, 11) is 0. The molecule has 4 heteroatoms.